The summed E-state index contributed by atoms with van der Waals surface area (Å²) in [6, 6.07) is 12.2. The first-order chi connectivity index (χ1) is 9.56. The van der Waals surface area contributed by atoms with Crippen molar-refractivity contribution >= 4 is 0 Å². The predicted octanol–water partition coefficient (Wildman–Crippen LogP) is 1.65. The number of likely N-dealkylation sites (N-methyl/N-ethyl adjacent to an activating group) is 1. The Morgan fingerprint density at radius 2 is 2.00 bits per heavy atom. The van der Waals surface area contributed by atoms with Crippen LogP contribution in [-0.4, -0.2) is 61.7 Å². The van der Waals surface area contributed by atoms with Gasteiger partial charge in [0.1, 0.15) is 0 Å². The molecule has 2 aliphatic rings. The van der Waals surface area contributed by atoms with Crippen LogP contribution in [0.4, 0.5) is 0 Å². The molecule has 1 aromatic carbocycles. The topological polar surface area (TPSA) is 29.3 Å². The molecule has 110 valence electrons. The molecule has 0 amide bonds. The first-order valence-corrected chi connectivity index (χ1v) is 7.92. The molecule has 2 N–H and O–H groups in total. The van der Waals surface area contributed by atoms with Gasteiger partial charge in [0.15, 0.2) is 0 Å². The summed E-state index contributed by atoms with van der Waals surface area (Å²) in [5, 5.41) is 0. The van der Waals surface area contributed by atoms with E-state index in [1.165, 1.54) is 38.0 Å². The van der Waals surface area contributed by atoms with Gasteiger partial charge in [-0.05, 0) is 18.5 Å². The third-order valence-corrected chi connectivity index (χ3v) is 5.18. The van der Waals surface area contributed by atoms with Crippen LogP contribution < -0.4 is 5.73 Å². The summed E-state index contributed by atoms with van der Waals surface area (Å²) in [5.41, 5.74) is 7.51. The Balaban J connectivity index is 1.52. The molecule has 3 rings (SSSR count). The number of benzene rings is 1. The third kappa shape index (κ3) is 3.05. The van der Waals surface area contributed by atoms with E-state index in [1.807, 2.05) is 0 Å². The van der Waals surface area contributed by atoms with Crippen molar-refractivity contribution in [1.29, 1.82) is 0 Å². The summed E-state index contributed by atoms with van der Waals surface area (Å²) in [7, 11) is 4.78. The van der Waals surface area contributed by atoms with Crippen molar-refractivity contribution in [3.8, 4) is 0 Å². The van der Waals surface area contributed by atoms with Crippen molar-refractivity contribution in [2.45, 2.75) is 30.8 Å². The summed E-state index contributed by atoms with van der Waals surface area (Å²) >= 11 is 0. The lowest BCUT2D eigenvalue weighted by Crippen LogP contribution is -2.47. The molecule has 0 radical (unpaired) electrons. The van der Waals surface area contributed by atoms with Gasteiger partial charge in [0, 0.05) is 31.5 Å². The Labute approximate surface area is 123 Å². The molecule has 2 fully saturated rings. The summed E-state index contributed by atoms with van der Waals surface area (Å²) in [6.45, 7) is 4.71. The lowest BCUT2D eigenvalue weighted by Gasteiger charge is -2.32. The SMILES string of the molecule is C[N+](C)(CCN1CCC(N)C1)[C@@H]1C[C@H]1c1ccccc1. The maximum atomic E-state index is 5.99. The van der Waals surface area contributed by atoms with Crippen LogP contribution >= 0.6 is 0 Å². The molecule has 0 aromatic heterocycles. The lowest BCUT2D eigenvalue weighted by atomic mass is 10.1. The van der Waals surface area contributed by atoms with Crippen LogP contribution in [0.5, 0.6) is 0 Å². The average Bonchev–Trinajstić information content (AvgIpc) is 3.16. The molecule has 1 saturated heterocycles. The minimum Gasteiger partial charge on any atom is -0.326 e. The van der Waals surface area contributed by atoms with Gasteiger partial charge >= 0.3 is 0 Å². The maximum absolute atomic E-state index is 5.99. The Morgan fingerprint density at radius 1 is 1.25 bits per heavy atom. The van der Waals surface area contributed by atoms with Crippen molar-refractivity contribution in [2.24, 2.45) is 5.73 Å². The normalized spacial score (nSPS) is 30.6. The van der Waals surface area contributed by atoms with Gasteiger partial charge in [-0.3, -0.25) is 4.90 Å². The van der Waals surface area contributed by atoms with E-state index in [0.29, 0.717) is 6.04 Å². The van der Waals surface area contributed by atoms with Crippen LogP contribution in [0, 0.1) is 0 Å². The van der Waals surface area contributed by atoms with Crippen molar-refractivity contribution in [3.05, 3.63) is 35.9 Å². The molecular formula is C17H28N3+. The molecule has 1 aromatic rings. The Morgan fingerprint density at radius 3 is 2.65 bits per heavy atom. The van der Waals surface area contributed by atoms with Gasteiger partial charge in [0.2, 0.25) is 0 Å². The minimum atomic E-state index is 0.406. The van der Waals surface area contributed by atoms with Crippen LogP contribution in [0.25, 0.3) is 0 Å². The van der Waals surface area contributed by atoms with Crippen molar-refractivity contribution in [2.75, 3.05) is 40.3 Å². The fourth-order valence-corrected chi connectivity index (χ4v) is 3.64. The molecule has 1 saturated carbocycles. The van der Waals surface area contributed by atoms with Gasteiger partial charge in [-0.2, -0.15) is 0 Å². The second kappa shape index (κ2) is 5.47. The second-order valence-electron chi connectivity index (χ2n) is 7.17. The first-order valence-electron chi connectivity index (χ1n) is 7.92. The van der Waals surface area contributed by atoms with Gasteiger partial charge in [-0.1, -0.05) is 30.3 Å². The largest absolute Gasteiger partial charge is 0.326 e. The highest BCUT2D eigenvalue weighted by Gasteiger charge is 2.49. The predicted molar refractivity (Wildman–Crippen MR) is 83.6 cm³/mol. The molecule has 3 heteroatoms. The fourth-order valence-electron chi connectivity index (χ4n) is 3.64. The fraction of sp³-hybridized carbons (Fsp3) is 0.647. The van der Waals surface area contributed by atoms with E-state index < -0.39 is 0 Å². The molecule has 20 heavy (non-hydrogen) atoms. The summed E-state index contributed by atoms with van der Waals surface area (Å²) in [5.74, 6) is 0.770. The molecule has 3 nitrogen and oxygen atoms in total. The highest BCUT2D eigenvalue weighted by atomic mass is 15.4. The molecule has 3 atom stereocenters. The Kier molecular flexibility index (Phi) is 3.85. The van der Waals surface area contributed by atoms with Crippen molar-refractivity contribution in [1.82, 2.24) is 4.90 Å². The third-order valence-electron chi connectivity index (χ3n) is 5.18. The van der Waals surface area contributed by atoms with E-state index in [4.69, 9.17) is 5.73 Å². The van der Waals surface area contributed by atoms with Gasteiger partial charge in [0.05, 0.1) is 26.7 Å². The number of hydrogen-bond donors (Lipinski definition) is 1. The van der Waals surface area contributed by atoms with E-state index in [1.54, 1.807) is 0 Å². The van der Waals surface area contributed by atoms with Gasteiger partial charge in [0.25, 0.3) is 0 Å². The first kappa shape index (κ1) is 14.1. The van der Waals surface area contributed by atoms with Crippen molar-refractivity contribution < 1.29 is 4.48 Å². The van der Waals surface area contributed by atoms with Crippen LogP contribution in [0.2, 0.25) is 0 Å². The molecule has 1 aliphatic carbocycles. The van der Waals surface area contributed by atoms with Crippen molar-refractivity contribution in [3.63, 3.8) is 0 Å². The van der Waals surface area contributed by atoms with E-state index >= 15 is 0 Å². The number of likely N-dealkylation sites (tertiary alicyclic amines) is 1. The molecule has 0 spiro atoms. The molecule has 0 bridgehead atoms. The number of nitrogens with two attached hydrogens (primary N) is 1. The zero-order valence-electron chi connectivity index (χ0n) is 12.8. The van der Waals surface area contributed by atoms with Crippen LogP contribution in [-0.2, 0) is 0 Å². The number of rotatable bonds is 5. The maximum Gasteiger partial charge on any atom is 0.0966 e. The van der Waals surface area contributed by atoms with E-state index in [0.717, 1.165) is 23.0 Å². The van der Waals surface area contributed by atoms with Crippen LogP contribution in [0.3, 0.4) is 0 Å². The van der Waals surface area contributed by atoms with Crippen LogP contribution in [0.1, 0.15) is 24.3 Å². The molecular weight excluding hydrogens is 246 g/mol. The molecule has 1 unspecified atom stereocenters. The minimum absolute atomic E-state index is 0.406. The quantitative estimate of drug-likeness (QED) is 0.827. The smallest absolute Gasteiger partial charge is 0.0966 e. The molecule has 1 aliphatic heterocycles. The van der Waals surface area contributed by atoms with Gasteiger partial charge in [-0.25, -0.2) is 0 Å². The number of hydrogen-bond acceptors (Lipinski definition) is 2. The monoisotopic (exact) mass is 274 g/mol. The lowest BCUT2D eigenvalue weighted by molar-refractivity contribution is -0.901. The summed E-state index contributed by atoms with van der Waals surface area (Å²) in [4.78, 5) is 2.53. The van der Waals surface area contributed by atoms with E-state index in [2.05, 4.69) is 49.3 Å². The second-order valence-corrected chi connectivity index (χ2v) is 7.17. The zero-order valence-corrected chi connectivity index (χ0v) is 12.8. The van der Waals surface area contributed by atoms with E-state index in [-0.39, 0.29) is 0 Å². The van der Waals surface area contributed by atoms with Gasteiger partial charge in [-0.15, -0.1) is 0 Å². The highest BCUT2D eigenvalue weighted by Crippen LogP contribution is 2.46. The number of quaternary nitrogens is 1. The summed E-state index contributed by atoms with van der Waals surface area (Å²) in [6.07, 6.45) is 2.51. The number of nitrogens with zero attached hydrogens (tertiary/aromatic N) is 2. The van der Waals surface area contributed by atoms with Gasteiger partial charge < -0.3 is 10.2 Å². The van der Waals surface area contributed by atoms with E-state index in [9.17, 15) is 0 Å². The highest BCUT2D eigenvalue weighted by molar-refractivity contribution is 5.26. The zero-order chi connectivity index (χ0) is 14.2. The average molecular weight is 274 g/mol. The van der Waals surface area contributed by atoms with Crippen LogP contribution in [0.15, 0.2) is 30.3 Å². The Hall–Kier alpha value is -0.900. The standard InChI is InChI=1S/C17H28N3/c1-20(2,11-10-19-9-8-15(18)13-19)17-12-16(17)14-6-4-3-5-7-14/h3-7,15-17H,8-13,18H2,1-2H3/q+1/t15?,16-,17+/m0/s1. The Bertz CT molecular complexity index is 443. The molecule has 1 heterocycles. The summed E-state index contributed by atoms with van der Waals surface area (Å²) < 4.78 is 1.14.